The number of nitrogens with zero attached hydrogens (tertiary/aromatic N) is 2. The number of alkyl halides is 1. The number of rotatable bonds is 1. The molecule has 0 unspecified atom stereocenters. The minimum absolute atomic E-state index is 0.868. The van der Waals surface area contributed by atoms with Crippen molar-refractivity contribution in [1.29, 1.82) is 10.5 Å². The minimum atomic E-state index is -1.07. The molecule has 0 spiro atoms. The molecule has 0 saturated carbocycles. The largest absolute Gasteiger partial charge is 0.248 e. The predicted molar refractivity (Wildman–Crippen MR) is 20.7 cm³/mol. The first-order valence-corrected chi connectivity index (χ1v) is 1.70. The van der Waals surface area contributed by atoms with Crippen molar-refractivity contribution >= 4 is 0 Å². The van der Waals surface area contributed by atoms with Crippen LogP contribution in [-0.2, 0) is 0 Å². The zero-order valence-electron chi connectivity index (χ0n) is 3.56. The third-order valence-corrected chi connectivity index (χ3v) is 0.466. The first-order valence-electron chi connectivity index (χ1n) is 1.70. The summed E-state index contributed by atoms with van der Waals surface area (Å²) in [6.45, 7) is -0.868. The molecular weight excluding hydrogens is 95.1 g/mol. The molecule has 0 aliphatic heterocycles. The third-order valence-electron chi connectivity index (χ3n) is 0.466. The molecule has 0 aromatic heterocycles. The summed E-state index contributed by atoms with van der Waals surface area (Å²) in [5.41, 5.74) is 0. The lowest BCUT2D eigenvalue weighted by Crippen LogP contribution is -1.92. The number of nitriles is 2. The second kappa shape index (κ2) is 3.11. The average molecular weight is 98.1 g/mol. The minimum Gasteiger partial charge on any atom is -0.248 e. The summed E-state index contributed by atoms with van der Waals surface area (Å²) >= 11 is 0. The average Bonchev–Trinajstić information content (AvgIpc) is 1.72. The molecule has 0 fully saturated rings. The topological polar surface area (TPSA) is 47.6 Å². The Bertz CT molecular complexity index is 105. The molecule has 0 aromatic carbocycles. The lowest BCUT2D eigenvalue weighted by Gasteiger charge is -1.81. The number of hydrogen-bond acceptors (Lipinski definition) is 2. The Morgan fingerprint density at radius 3 is 1.86 bits per heavy atom. The zero-order valence-corrected chi connectivity index (χ0v) is 3.56. The summed E-state index contributed by atoms with van der Waals surface area (Å²) in [6.07, 6.45) is 0. The Hall–Kier alpha value is -1.09. The lowest BCUT2D eigenvalue weighted by molar-refractivity contribution is 0.462. The van der Waals surface area contributed by atoms with Gasteiger partial charge in [0.25, 0.3) is 0 Å². The molecule has 36 valence electrons. The van der Waals surface area contributed by atoms with Gasteiger partial charge in [0.1, 0.15) is 6.67 Å². The van der Waals surface area contributed by atoms with Gasteiger partial charge in [-0.2, -0.15) is 10.5 Å². The van der Waals surface area contributed by atoms with Gasteiger partial charge in [-0.25, -0.2) is 4.39 Å². The summed E-state index contributed by atoms with van der Waals surface area (Å²) in [5, 5.41) is 15.6. The Morgan fingerprint density at radius 1 is 1.43 bits per heavy atom. The van der Waals surface area contributed by atoms with Gasteiger partial charge in [-0.1, -0.05) is 0 Å². The van der Waals surface area contributed by atoms with Crippen LogP contribution in [0.3, 0.4) is 0 Å². The Kier molecular flexibility index (Phi) is 2.63. The Balaban J connectivity index is 3.50. The van der Waals surface area contributed by atoms with Gasteiger partial charge in [0.05, 0.1) is 12.1 Å². The maximum absolute atomic E-state index is 11.2. The Morgan fingerprint density at radius 2 is 1.86 bits per heavy atom. The fourth-order valence-electron chi connectivity index (χ4n) is 0.0979. The number of halogens is 1. The van der Waals surface area contributed by atoms with E-state index >= 15 is 0 Å². The number of hydrogen-bond donors (Lipinski definition) is 0. The molecule has 0 saturated heterocycles. The van der Waals surface area contributed by atoms with Crippen molar-refractivity contribution in [3.63, 3.8) is 0 Å². The van der Waals surface area contributed by atoms with Crippen LogP contribution in [0.5, 0.6) is 0 Å². The summed E-state index contributed by atoms with van der Waals surface area (Å²) in [4.78, 5) is 0. The van der Waals surface area contributed by atoms with Crippen LogP contribution in [0.4, 0.5) is 4.39 Å². The van der Waals surface area contributed by atoms with Gasteiger partial charge in [-0.05, 0) is 0 Å². The molecule has 0 aliphatic carbocycles. The normalized spacial score (nSPS) is 7.43. The standard InChI is InChI=1S/C4H3FN2/c5-1-4(2-6)3-7/h4H,1H2. The monoisotopic (exact) mass is 98.0 g/mol. The van der Waals surface area contributed by atoms with E-state index in [4.69, 9.17) is 10.5 Å². The molecule has 0 atom stereocenters. The summed E-state index contributed by atoms with van der Waals surface area (Å²) in [6, 6.07) is 2.93. The van der Waals surface area contributed by atoms with E-state index in [-0.39, 0.29) is 0 Å². The van der Waals surface area contributed by atoms with Crippen LogP contribution in [0.1, 0.15) is 0 Å². The lowest BCUT2D eigenvalue weighted by atomic mass is 10.2. The second-order valence-corrected chi connectivity index (χ2v) is 0.965. The molecule has 0 N–H and O–H groups in total. The van der Waals surface area contributed by atoms with Crippen molar-refractivity contribution in [3.05, 3.63) is 0 Å². The van der Waals surface area contributed by atoms with Crippen LogP contribution in [0, 0.1) is 28.6 Å². The van der Waals surface area contributed by atoms with Crippen LogP contribution in [0.15, 0.2) is 0 Å². The van der Waals surface area contributed by atoms with Crippen molar-refractivity contribution in [1.82, 2.24) is 0 Å². The highest BCUT2D eigenvalue weighted by atomic mass is 19.1. The van der Waals surface area contributed by atoms with E-state index in [9.17, 15) is 4.39 Å². The fraction of sp³-hybridized carbons (Fsp3) is 0.500. The van der Waals surface area contributed by atoms with Crippen LogP contribution in [0.2, 0.25) is 0 Å². The first-order chi connectivity index (χ1) is 3.35. The van der Waals surface area contributed by atoms with Gasteiger partial charge >= 0.3 is 0 Å². The van der Waals surface area contributed by atoms with Gasteiger partial charge < -0.3 is 0 Å². The van der Waals surface area contributed by atoms with Gasteiger partial charge in [0.2, 0.25) is 0 Å². The predicted octanol–water partition coefficient (Wildman–Crippen LogP) is 0.619. The summed E-state index contributed by atoms with van der Waals surface area (Å²) < 4.78 is 11.2. The van der Waals surface area contributed by atoms with Gasteiger partial charge in [-0.3, -0.25) is 0 Å². The van der Waals surface area contributed by atoms with Crippen LogP contribution >= 0.6 is 0 Å². The van der Waals surface area contributed by atoms with Gasteiger partial charge in [0.15, 0.2) is 5.92 Å². The second-order valence-electron chi connectivity index (χ2n) is 0.965. The molecule has 2 nitrogen and oxygen atoms in total. The maximum Gasteiger partial charge on any atom is 0.161 e. The van der Waals surface area contributed by atoms with Crippen LogP contribution < -0.4 is 0 Å². The molecule has 0 rings (SSSR count). The van der Waals surface area contributed by atoms with E-state index in [0.29, 0.717) is 0 Å². The molecule has 0 amide bonds. The molecule has 7 heavy (non-hydrogen) atoms. The SMILES string of the molecule is N#CC(C#N)CF. The maximum atomic E-state index is 11.2. The molecule has 0 bridgehead atoms. The van der Waals surface area contributed by atoms with Crippen molar-refractivity contribution in [2.24, 2.45) is 5.92 Å². The molecule has 0 heterocycles. The molecule has 0 aromatic rings. The van der Waals surface area contributed by atoms with Crippen molar-refractivity contribution in [2.45, 2.75) is 0 Å². The zero-order chi connectivity index (χ0) is 5.70. The fourth-order valence-corrected chi connectivity index (χ4v) is 0.0979. The van der Waals surface area contributed by atoms with E-state index in [1.165, 1.54) is 12.1 Å². The van der Waals surface area contributed by atoms with Crippen molar-refractivity contribution in [2.75, 3.05) is 6.67 Å². The summed E-state index contributed by atoms with van der Waals surface area (Å²) in [5.74, 6) is -1.07. The third kappa shape index (κ3) is 1.72. The molecule has 3 heteroatoms. The van der Waals surface area contributed by atoms with E-state index in [1.54, 1.807) is 0 Å². The van der Waals surface area contributed by atoms with E-state index in [2.05, 4.69) is 0 Å². The van der Waals surface area contributed by atoms with Gasteiger partial charge in [0, 0.05) is 0 Å². The quantitative estimate of drug-likeness (QED) is 0.482. The first kappa shape index (κ1) is 5.91. The summed E-state index contributed by atoms with van der Waals surface area (Å²) in [7, 11) is 0. The molecule has 0 radical (unpaired) electrons. The molecule has 0 aliphatic rings. The van der Waals surface area contributed by atoms with Gasteiger partial charge in [-0.15, -0.1) is 0 Å². The highest BCUT2D eigenvalue weighted by molar-refractivity contribution is 4.98. The van der Waals surface area contributed by atoms with E-state index in [1.807, 2.05) is 0 Å². The smallest absolute Gasteiger partial charge is 0.161 e. The van der Waals surface area contributed by atoms with E-state index in [0.717, 1.165) is 0 Å². The molecular formula is C4H3FN2. The van der Waals surface area contributed by atoms with Crippen molar-refractivity contribution < 1.29 is 4.39 Å². The highest BCUT2D eigenvalue weighted by Crippen LogP contribution is 1.89. The van der Waals surface area contributed by atoms with E-state index < -0.39 is 12.6 Å². The van der Waals surface area contributed by atoms with Crippen LogP contribution in [0.25, 0.3) is 0 Å². The Labute approximate surface area is 40.8 Å². The highest BCUT2D eigenvalue weighted by Gasteiger charge is 2.00. The van der Waals surface area contributed by atoms with Crippen LogP contribution in [-0.4, -0.2) is 6.67 Å². The van der Waals surface area contributed by atoms with Crippen molar-refractivity contribution in [3.8, 4) is 12.1 Å².